The van der Waals surface area contributed by atoms with Crippen LogP contribution in [0, 0.1) is 12.8 Å². The van der Waals surface area contributed by atoms with Crippen LogP contribution in [-0.2, 0) is 28.9 Å². The maximum atomic E-state index is 13.4. The maximum Gasteiger partial charge on any atom is 0.341 e. The van der Waals surface area contributed by atoms with E-state index < -0.39 is 5.97 Å². The number of carbonyl (C=O) groups excluding carboxylic acids is 2. The smallest absolute Gasteiger partial charge is 0.341 e. The van der Waals surface area contributed by atoms with Gasteiger partial charge in [-0.3, -0.25) is 14.2 Å². The zero-order valence-corrected chi connectivity index (χ0v) is 22.1. The van der Waals surface area contributed by atoms with E-state index in [1.807, 2.05) is 36.6 Å². The molecule has 0 saturated heterocycles. The van der Waals surface area contributed by atoms with Gasteiger partial charge in [-0.1, -0.05) is 36.8 Å². The molecule has 5 rings (SSSR count). The van der Waals surface area contributed by atoms with Crippen molar-refractivity contribution in [1.82, 2.24) is 9.55 Å². The van der Waals surface area contributed by atoms with E-state index in [1.54, 1.807) is 6.92 Å². The lowest BCUT2D eigenvalue weighted by Crippen LogP contribution is -2.28. The number of hydrogen-bond donors (Lipinski definition) is 1. The Morgan fingerprint density at radius 1 is 1.25 bits per heavy atom. The van der Waals surface area contributed by atoms with Crippen LogP contribution in [0.1, 0.15) is 46.6 Å². The maximum absolute atomic E-state index is 13.4. The molecular formula is C27H27N3O4S2. The van der Waals surface area contributed by atoms with Gasteiger partial charge in [0.05, 0.1) is 23.9 Å². The van der Waals surface area contributed by atoms with E-state index in [1.165, 1.54) is 33.6 Å². The van der Waals surface area contributed by atoms with Gasteiger partial charge in [0.1, 0.15) is 16.4 Å². The highest BCUT2D eigenvalue weighted by atomic mass is 32.1. The van der Waals surface area contributed by atoms with Crippen molar-refractivity contribution >= 4 is 49.8 Å². The number of rotatable bonds is 6. The number of fused-ring (bicyclic) bond motifs is 2. The van der Waals surface area contributed by atoms with Crippen molar-refractivity contribution in [2.24, 2.45) is 5.92 Å². The lowest BCUT2D eigenvalue weighted by atomic mass is 9.88. The quantitative estimate of drug-likeness (QED) is 0.342. The van der Waals surface area contributed by atoms with Gasteiger partial charge in [0.15, 0.2) is 0 Å². The average molecular weight is 522 g/mol. The molecule has 1 unspecified atom stereocenters. The van der Waals surface area contributed by atoms with Gasteiger partial charge in [-0.15, -0.1) is 22.7 Å². The molecule has 0 bridgehead atoms. The topological polar surface area (TPSA) is 90.3 Å². The molecule has 0 saturated carbocycles. The lowest BCUT2D eigenvalue weighted by molar-refractivity contribution is -0.116. The van der Waals surface area contributed by atoms with Crippen molar-refractivity contribution in [3.05, 3.63) is 67.9 Å². The molecule has 1 atom stereocenters. The fourth-order valence-corrected chi connectivity index (χ4v) is 6.93. The summed E-state index contributed by atoms with van der Waals surface area (Å²) in [5.74, 6) is -0.275. The van der Waals surface area contributed by atoms with Crippen molar-refractivity contribution in [1.29, 1.82) is 0 Å². The third-order valence-electron chi connectivity index (χ3n) is 6.48. The van der Waals surface area contributed by atoms with E-state index in [4.69, 9.17) is 4.74 Å². The number of hydrogen-bond acceptors (Lipinski definition) is 7. The van der Waals surface area contributed by atoms with Crippen molar-refractivity contribution in [2.75, 3.05) is 11.9 Å². The monoisotopic (exact) mass is 521 g/mol. The normalized spacial score (nSPS) is 15.0. The third-order valence-corrected chi connectivity index (χ3v) is 8.54. The number of ether oxygens (including phenoxy) is 1. The van der Waals surface area contributed by atoms with Gasteiger partial charge in [-0.2, -0.15) is 0 Å². The molecule has 0 radical (unpaired) electrons. The van der Waals surface area contributed by atoms with E-state index >= 15 is 0 Å². The zero-order valence-electron chi connectivity index (χ0n) is 20.4. The number of nitrogens with one attached hydrogen (secondary N) is 1. The first-order chi connectivity index (χ1) is 17.4. The van der Waals surface area contributed by atoms with E-state index in [0.717, 1.165) is 46.4 Å². The summed E-state index contributed by atoms with van der Waals surface area (Å²) in [5.41, 5.74) is 4.05. The largest absolute Gasteiger partial charge is 0.462 e. The fraction of sp³-hybridized carbons (Fsp3) is 0.333. The molecule has 1 aromatic carbocycles. The van der Waals surface area contributed by atoms with Crippen LogP contribution in [0.5, 0.6) is 0 Å². The van der Waals surface area contributed by atoms with Gasteiger partial charge in [0, 0.05) is 15.8 Å². The van der Waals surface area contributed by atoms with E-state index in [-0.39, 0.29) is 24.6 Å². The number of amides is 1. The second kappa shape index (κ2) is 9.99. The molecule has 0 aliphatic heterocycles. The highest BCUT2D eigenvalue weighted by Gasteiger charge is 2.29. The van der Waals surface area contributed by atoms with Gasteiger partial charge in [0.2, 0.25) is 5.91 Å². The van der Waals surface area contributed by atoms with E-state index in [2.05, 4.69) is 17.2 Å². The summed E-state index contributed by atoms with van der Waals surface area (Å²) in [6, 6.07) is 7.97. The number of aryl methyl sites for hydroxylation is 1. The summed E-state index contributed by atoms with van der Waals surface area (Å²) < 4.78 is 6.61. The lowest BCUT2D eigenvalue weighted by Gasteiger charge is -2.18. The minimum Gasteiger partial charge on any atom is -0.462 e. The Balaban J connectivity index is 1.44. The molecule has 3 heterocycles. The number of esters is 1. The molecule has 7 nitrogen and oxygen atoms in total. The van der Waals surface area contributed by atoms with Crippen LogP contribution < -0.4 is 10.9 Å². The number of nitrogens with zero attached hydrogens (tertiary/aromatic N) is 2. The molecule has 4 aromatic rings. The highest BCUT2D eigenvalue weighted by Crippen LogP contribution is 2.40. The van der Waals surface area contributed by atoms with Crippen LogP contribution in [0.4, 0.5) is 5.00 Å². The third kappa shape index (κ3) is 4.60. The van der Waals surface area contributed by atoms with Crippen LogP contribution in [0.3, 0.4) is 0 Å². The van der Waals surface area contributed by atoms with Gasteiger partial charge < -0.3 is 10.1 Å². The number of aromatic nitrogens is 2. The fourth-order valence-electron chi connectivity index (χ4n) is 4.60. The highest BCUT2D eigenvalue weighted by molar-refractivity contribution is 7.17. The second-order valence-electron chi connectivity index (χ2n) is 9.20. The number of anilines is 1. The summed E-state index contributed by atoms with van der Waals surface area (Å²) in [7, 11) is 0. The summed E-state index contributed by atoms with van der Waals surface area (Å²) in [5, 5.41) is 5.82. The van der Waals surface area contributed by atoms with Gasteiger partial charge in [-0.25, -0.2) is 9.78 Å². The molecule has 1 aliphatic carbocycles. The Morgan fingerprint density at radius 2 is 2.03 bits per heavy atom. The first-order valence-corrected chi connectivity index (χ1v) is 13.7. The van der Waals surface area contributed by atoms with E-state index in [9.17, 15) is 14.4 Å². The Hall–Kier alpha value is -3.30. The molecule has 1 N–H and O–H groups in total. The molecule has 36 heavy (non-hydrogen) atoms. The predicted octanol–water partition coefficient (Wildman–Crippen LogP) is 5.44. The van der Waals surface area contributed by atoms with Crippen LogP contribution in [-0.4, -0.2) is 28.0 Å². The van der Waals surface area contributed by atoms with Gasteiger partial charge >= 0.3 is 5.97 Å². The molecule has 9 heteroatoms. The number of carbonyl (C=O) groups is 2. The minimum absolute atomic E-state index is 0.202. The zero-order chi connectivity index (χ0) is 25.4. The Labute approximate surface area is 216 Å². The number of benzene rings is 1. The first-order valence-electron chi connectivity index (χ1n) is 12.0. The van der Waals surface area contributed by atoms with Gasteiger partial charge in [0.25, 0.3) is 5.56 Å². The van der Waals surface area contributed by atoms with Crippen molar-refractivity contribution in [3.8, 4) is 11.1 Å². The summed E-state index contributed by atoms with van der Waals surface area (Å²) in [6.07, 6.45) is 4.07. The molecule has 186 valence electrons. The number of thiophene rings is 2. The molecule has 1 aliphatic rings. The van der Waals surface area contributed by atoms with Crippen LogP contribution in [0.25, 0.3) is 21.3 Å². The average Bonchev–Trinajstić information content (AvgIpc) is 3.43. The molecule has 0 fully saturated rings. The SMILES string of the molecule is CCOC(=O)c1c(NC(=O)Cn2cnc3scc(-c4ccc(C)cc4)c3c2=O)sc2c1CCC(C)C2. The van der Waals surface area contributed by atoms with Crippen molar-refractivity contribution < 1.29 is 14.3 Å². The summed E-state index contributed by atoms with van der Waals surface area (Å²) in [4.78, 5) is 45.4. The second-order valence-corrected chi connectivity index (χ2v) is 11.2. The molecule has 1 amide bonds. The predicted molar refractivity (Wildman–Crippen MR) is 144 cm³/mol. The Morgan fingerprint density at radius 3 is 2.78 bits per heavy atom. The van der Waals surface area contributed by atoms with Crippen LogP contribution in [0.2, 0.25) is 0 Å². The van der Waals surface area contributed by atoms with Crippen molar-refractivity contribution in [3.63, 3.8) is 0 Å². The Kier molecular flexibility index (Phi) is 6.77. The van der Waals surface area contributed by atoms with E-state index in [0.29, 0.717) is 26.7 Å². The molecule has 3 aromatic heterocycles. The summed E-state index contributed by atoms with van der Waals surface area (Å²) in [6.45, 7) is 6.03. The molecule has 0 spiro atoms. The van der Waals surface area contributed by atoms with Gasteiger partial charge in [-0.05, 0) is 50.2 Å². The van der Waals surface area contributed by atoms with Crippen LogP contribution >= 0.6 is 22.7 Å². The summed E-state index contributed by atoms with van der Waals surface area (Å²) >= 11 is 2.84. The standard InChI is InChI=1S/C27H27N3O4S2/c1-4-34-27(33)23-18-10-7-16(3)11-20(18)36-25(23)29-21(31)12-30-14-28-24-22(26(30)32)19(13-35-24)17-8-5-15(2)6-9-17/h5-6,8-9,13-14,16H,4,7,10-12H2,1-3H3,(H,29,31). The van der Waals surface area contributed by atoms with Crippen LogP contribution in [0.15, 0.2) is 40.8 Å². The minimum atomic E-state index is -0.416. The Bertz CT molecular complexity index is 1510. The van der Waals surface area contributed by atoms with Crippen molar-refractivity contribution in [2.45, 2.75) is 46.6 Å². The molecular weight excluding hydrogens is 494 g/mol. The first kappa shape index (κ1) is 24.4.